The Morgan fingerprint density at radius 1 is 1.05 bits per heavy atom. The first kappa shape index (κ1) is 14.7. The molecule has 1 aromatic carbocycles. The number of rotatable bonds is 7. The van der Waals surface area contributed by atoms with Gasteiger partial charge in [0.1, 0.15) is 5.75 Å². The molecule has 0 bridgehead atoms. The molecule has 1 saturated heterocycles. The van der Waals surface area contributed by atoms with E-state index in [1.54, 1.807) is 0 Å². The van der Waals surface area contributed by atoms with Gasteiger partial charge in [-0.15, -0.1) is 0 Å². The highest BCUT2D eigenvalue weighted by molar-refractivity contribution is 6.30. The second-order valence-corrected chi connectivity index (χ2v) is 5.86. The average molecular weight is 283 g/mol. The van der Waals surface area contributed by atoms with E-state index < -0.39 is 0 Å². The molecule has 0 spiro atoms. The van der Waals surface area contributed by atoms with Gasteiger partial charge in [-0.3, -0.25) is 0 Å². The first-order chi connectivity index (χ1) is 9.34. The number of halogens is 1. The fourth-order valence-corrected chi connectivity index (χ4v) is 2.88. The van der Waals surface area contributed by atoms with E-state index >= 15 is 0 Å². The minimum atomic E-state index is 0.742. The molecule has 0 aromatic heterocycles. The number of hydrogen-bond acceptors (Lipinski definition) is 1. The van der Waals surface area contributed by atoms with Crippen LogP contribution in [0.2, 0.25) is 5.02 Å². The molecule has 106 valence electrons. The zero-order valence-corrected chi connectivity index (χ0v) is 12.4. The molecule has 2 nitrogen and oxygen atoms in total. The normalized spacial score (nSPS) is 16.5. The van der Waals surface area contributed by atoms with Gasteiger partial charge in [0.25, 0.3) is 0 Å². The summed E-state index contributed by atoms with van der Waals surface area (Å²) in [6.45, 7) is 4.92. The van der Waals surface area contributed by atoms with E-state index in [0.717, 1.165) is 23.8 Å². The Labute approximate surface area is 121 Å². The number of ether oxygens (including phenoxy) is 1. The molecule has 0 radical (unpaired) electrons. The maximum absolute atomic E-state index is 5.91. The van der Waals surface area contributed by atoms with Crippen molar-refractivity contribution in [3.8, 4) is 5.75 Å². The summed E-state index contributed by atoms with van der Waals surface area (Å²) >= 11 is 5.91. The van der Waals surface area contributed by atoms with E-state index in [0.29, 0.717) is 0 Å². The number of benzene rings is 1. The van der Waals surface area contributed by atoms with Gasteiger partial charge in [-0.25, -0.2) is 0 Å². The second-order valence-electron chi connectivity index (χ2n) is 5.43. The molecule has 1 fully saturated rings. The zero-order chi connectivity index (χ0) is 13.3. The van der Waals surface area contributed by atoms with Crippen molar-refractivity contribution in [1.29, 1.82) is 0 Å². The average Bonchev–Trinajstić information content (AvgIpc) is 2.44. The third kappa shape index (κ3) is 5.84. The molecule has 0 saturated carbocycles. The Balaban J connectivity index is 1.50. The van der Waals surface area contributed by atoms with Gasteiger partial charge in [-0.2, -0.15) is 0 Å². The summed E-state index contributed by atoms with van der Waals surface area (Å²) in [5.74, 6) is 0.883. The fraction of sp³-hybridized carbons (Fsp3) is 0.625. The Bertz CT molecular complexity index is 364. The molecule has 1 aliphatic rings. The summed E-state index contributed by atoms with van der Waals surface area (Å²) in [4.78, 5) is 1.81. The predicted molar refractivity (Wildman–Crippen MR) is 80.2 cm³/mol. The minimum Gasteiger partial charge on any atom is -0.494 e. The third-order valence-corrected chi connectivity index (χ3v) is 4.04. The lowest BCUT2D eigenvalue weighted by molar-refractivity contribution is -0.905. The minimum absolute atomic E-state index is 0.742. The van der Waals surface area contributed by atoms with E-state index in [4.69, 9.17) is 16.3 Å². The van der Waals surface area contributed by atoms with Gasteiger partial charge in [0.15, 0.2) is 0 Å². The van der Waals surface area contributed by atoms with Gasteiger partial charge in [0, 0.05) is 5.02 Å². The summed E-state index contributed by atoms with van der Waals surface area (Å²) in [5.41, 5.74) is 0. The van der Waals surface area contributed by atoms with Crippen LogP contribution in [-0.2, 0) is 0 Å². The van der Waals surface area contributed by atoms with E-state index in [9.17, 15) is 0 Å². The summed E-state index contributed by atoms with van der Waals surface area (Å²) in [7, 11) is 0. The maximum atomic E-state index is 5.91. The predicted octanol–water partition coefficient (Wildman–Crippen LogP) is 2.96. The molecular formula is C16H25ClNO+. The van der Waals surface area contributed by atoms with Crippen LogP contribution in [-0.4, -0.2) is 26.2 Å². The van der Waals surface area contributed by atoms with Crippen LogP contribution in [0.4, 0.5) is 0 Å². The number of quaternary nitrogens is 1. The van der Waals surface area contributed by atoms with Crippen molar-refractivity contribution in [3.63, 3.8) is 0 Å². The largest absolute Gasteiger partial charge is 0.494 e. The van der Waals surface area contributed by atoms with Crippen LogP contribution in [0.1, 0.15) is 38.5 Å². The molecule has 1 heterocycles. The number of unbranched alkanes of at least 4 members (excludes halogenated alkanes) is 2. The highest BCUT2D eigenvalue weighted by atomic mass is 35.5. The van der Waals surface area contributed by atoms with Crippen LogP contribution >= 0.6 is 11.6 Å². The molecule has 1 aromatic rings. The molecule has 0 aliphatic carbocycles. The van der Waals surface area contributed by atoms with Gasteiger partial charge in [0.2, 0.25) is 0 Å². The molecular weight excluding hydrogens is 258 g/mol. The lowest BCUT2D eigenvalue weighted by Gasteiger charge is -2.23. The molecule has 0 unspecified atom stereocenters. The van der Waals surface area contributed by atoms with Crippen molar-refractivity contribution in [2.75, 3.05) is 26.2 Å². The molecule has 3 heteroatoms. The van der Waals surface area contributed by atoms with Crippen LogP contribution in [0.15, 0.2) is 24.3 Å². The van der Waals surface area contributed by atoms with Crippen LogP contribution in [0.5, 0.6) is 5.75 Å². The first-order valence-corrected chi connectivity index (χ1v) is 7.94. The van der Waals surface area contributed by atoms with Gasteiger partial charge < -0.3 is 9.64 Å². The molecule has 0 atom stereocenters. The summed E-state index contributed by atoms with van der Waals surface area (Å²) in [6.07, 6.45) is 8.02. The molecule has 0 amide bonds. The maximum Gasteiger partial charge on any atom is 0.120 e. The van der Waals surface area contributed by atoms with Crippen LogP contribution < -0.4 is 9.64 Å². The van der Waals surface area contributed by atoms with E-state index in [1.165, 1.54) is 51.7 Å². The highest BCUT2D eigenvalue weighted by Gasteiger charge is 2.12. The van der Waals surface area contributed by atoms with Crippen LogP contribution in [0, 0.1) is 0 Å². The van der Waals surface area contributed by atoms with Gasteiger partial charge in [0.05, 0.1) is 26.2 Å². The molecule has 2 rings (SSSR count). The highest BCUT2D eigenvalue weighted by Crippen LogP contribution is 2.17. The second kappa shape index (κ2) is 8.44. The molecule has 1 aliphatic heterocycles. The van der Waals surface area contributed by atoms with Gasteiger partial charge >= 0.3 is 0 Å². The number of likely N-dealkylation sites (tertiary alicyclic amines) is 1. The van der Waals surface area contributed by atoms with E-state index in [-0.39, 0.29) is 0 Å². The quantitative estimate of drug-likeness (QED) is 0.759. The first-order valence-electron chi connectivity index (χ1n) is 7.56. The Morgan fingerprint density at radius 2 is 1.89 bits per heavy atom. The monoisotopic (exact) mass is 282 g/mol. The van der Waals surface area contributed by atoms with E-state index in [2.05, 4.69) is 0 Å². The van der Waals surface area contributed by atoms with Crippen molar-refractivity contribution >= 4 is 11.6 Å². The van der Waals surface area contributed by atoms with Crippen molar-refractivity contribution in [2.45, 2.75) is 38.5 Å². The Morgan fingerprint density at radius 3 is 2.68 bits per heavy atom. The van der Waals surface area contributed by atoms with Gasteiger partial charge in [-0.1, -0.05) is 17.7 Å². The van der Waals surface area contributed by atoms with Crippen LogP contribution in [0.3, 0.4) is 0 Å². The Kier molecular flexibility index (Phi) is 6.52. The third-order valence-electron chi connectivity index (χ3n) is 3.80. The van der Waals surface area contributed by atoms with Crippen molar-refractivity contribution in [2.24, 2.45) is 0 Å². The lowest BCUT2D eigenvalue weighted by Crippen LogP contribution is -3.12. The number of hydrogen-bond donors (Lipinski definition) is 1. The zero-order valence-electron chi connectivity index (χ0n) is 11.7. The summed E-state index contributed by atoms with van der Waals surface area (Å²) in [5, 5.41) is 0.742. The Hall–Kier alpha value is -0.730. The SMILES string of the molecule is Clc1cccc(OCCCCC[NH+]2CCCCC2)c1. The number of piperidine rings is 1. The van der Waals surface area contributed by atoms with Crippen molar-refractivity contribution in [3.05, 3.63) is 29.3 Å². The van der Waals surface area contributed by atoms with Crippen molar-refractivity contribution in [1.82, 2.24) is 0 Å². The van der Waals surface area contributed by atoms with Crippen molar-refractivity contribution < 1.29 is 9.64 Å². The topological polar surface area (TPSA) is 13.7 Å². The standard InChI is InChI=1S/C16H24ClNO/c17-15-8-7-9-16(14-15)19-13-6-2-5-12-18-10-3-1-4-11-18/h7-9,14H,1-6,10-13H2/p+1. The number of nitrogens with one attached hydrogen (secondary N) is 1. The molecule has 1 N–H and O–H groups in total. The smallest absolute Gasteiger partial charge is 0.120 e. The molecule has 19 heavy (non-hydrogen) atoms. The fourth-order valence-electron chi connectivity index (χ4n) is 2.70. The summed E-state index contributed by atoms with van der Waals surface area (Å²) < 4.78 is 5.69. The lowest BCUT2D eigenvalue weighted by atomic mass is 10.1. The van der Waals surface area contributed by atoms with Gasteiger partial charge in [-0.05, 0) is 56.7 Å². The van der Waals surface area contributed by atoms with E-state index in [1.807, 2.05) is 29.2 Å². The van der Waals surface area contributed by atoms with Crippen LogP contribution in [0.25, 0.3) is 0 Å². The summed E-state index contributed by atoms with van der Waals surface area (Å²) in [6, 6.07) is 7.64.